The van der Waals surface area contributed by atoms with Crippen LogP contribution in [0.25, 0.3) is 11.0 Å². The molecule has 6 nitrogen and oxygen atoms in total. The number of hydrogen-bond donors (Lipinski definition) is 3. The van der Waals surface area contributed by atoms with Crippen molar-refractivity contribution in [1.29, 1.82) is 0 Å². The van der Waals surface area contributed by atoms with Crippen molar-refractivity contribution in [3.63, 3.8) is 0 Å². The number of rotatable bonds is 5. The maximum Gasteiger partial charge on any atom is 0.203 e. The molecule has 2 atom stereocenters. The number of aliphatic hydroxyl groups is 2. The van der Waals surface area contributed by atoms with Gasteiger partial charge in [0.2, 0.25) is 5.43 Å². The molecule has 20 heavy (non-hydrogen) atoms. The van der Waals surface area contributed by atoms with Gasteiger partial charge < -0.3 is 19.9 Å². The number of hydrogen-bond acceptors (Lipinski definition) is 6. The van der Waals surface area contributed by atoms with Crippen LogP contribution in [-0.2, 0) is 0 Å². The van der Waals surface area contributed by atoms with Gasteiger partial charge in [-0.1, -0.05) is 6.07 Å². The molecule has 3 N–H and O–H groups in total. The molecule has 0 radical (unpaired) electrons. The molecule has 1 aromatic heterocycles. The summed E-state index contributed by atoms with van der Waals surface area (Å²) in [6.45, 7) is 0.211. The summed E-state index contributed by atoms with van der Waals surface area (Å²) in [6, 6.07) is 4.52. The van der Waals surface area contributed by atoms with E-state index in [2.05, 4.69) is 5.32 Å². The molecule has 0 aliphatic rings. The molecule has 2 rings (SSSR count). The van der Waals surface area contributed by atoms with Gasteiger partial charge in [0.05, 0.1) is 17.1 Å². The van der Waals surface area contributed by atoms with Gasteiger partial charge in [-0.15, -0.1) is 0 Å². The van der Waals surface area contributed by atoms with E-state index in [4.69, 9.17) is 4.42 Å². The van der Waals surface area contributed by atoms with Crippen molar-refractivity contribution in [3.05, 3.63) is 45.8 Å². The molecule has 1 aromatic carbocycles. The fraction of sp³-hybridized carbons (Fsp3) is 0.286. The largest absolute Gasteiger partial charge is 0.463 e. The van der Waals surface area contributed by atoms with Crippen LogP contribution in [0.3, 0.4) is 0 Å². The third-order valence-corrected chi connectivity index (χ3v) is 3.07. The molecule has 0 fully saturated rings. The van der Waals surface area contributed by atoms with E-state index in [0.717, 1.165) is 6.26 Å². The lowest BCUT2D eigenvalue weighted by molar-refractivity contribution is 0.0203. The number of aliphatic hydroxyl groups excluding tert-OH is 2. The molecule has 0 saturated carbocycles. The van der Waals surface area contributed by atoms with Gasteiger partial charge in [0.15, 0.2) is 6.29 Å². The second-order valence-electron chi connectivity index (χ2n) is 4.46. The third-order valence-electron chi connectivity index (χ3n) is 3.07. The van der Waals surface area contributed by atoms with Crippen LogP contribution >= 0.6 is 0 Å². The predicted octanol–water partition coefficient (Wildman–Crippen LogP) is 0.219. The highest BCUT2D eigenvalue weighted by Crippen LogP contribution is 2.21. The maximum atomic E-state index is 12.0. The molecule has 0 aliphatic carbocycles. The predicted molar refractivity (Wildman–Crippen MR) is 72.8 cm³/mol. The highest BCUT2D eigenvalue weighted by molar-refractivity contribution is 5.84. The van der Waals surface area contributed by atoms with Crippen LogP contribution in [0.15, 0.2) is 33.7 Å². The van der Waals surface area contributed by atoms with Crippen LogP contribution in [-0.4, -0.2) is 36.2 Å². The van der Waals surface area contributed by atoms with E-state index < -0.39 is 17.6 Å². The zero-order valence-electron chi connectivity index (χ0n) is 10.9. The first-order valence-electron chi connectivity index (χ1n) is 6.10. The van der Waals surface area contributed by atoms with Gasteiger partial charge in [-0.05, 0) is 24.7 Å². The number of nitrogens with one attached hydrogen (secondary N) is 1. The van der Waals surface area contributed by atoms with Crippen molar-refractivity contribution in [2.24, 2.45) is 0 Å². The number of carbonyl (C=O) groups is 1. The Morgan fingerprint density at radius 1 is 1.40 bits per heavy atom. The van der Waals surface area contributed by atoms with Gasteiger partial charge in [0.1, 0.15) is 18.0 Å². The molecule has 106 valence electrons. The normalized spacial score (nSPS) is 14.2. The average molecular weight is 277 g/mol. The molecule has 0 spiro atoms. The van der Waals surface area contributed by atoms with Crippen molar-refractivity contribution in [3.8, 4) is 0 Å². The van der Waals surface area contributed by atoms with Crippen LogP contribution < -0.4 is 10.7 Å². The standard InChI is InChI=1S/C14H15NO5/c1-15-5-11(17)14(19)8-2-3-12-10(4-8)13(18)9(6-16)7-20-12/h2-4,6-7,11,14-15,17,19H,5H2,1H3. The Morgan fingerprint density at radius 3 is 2.80 bits per heavy atom. The first-order chi connectivity index (χ1) is 9.58. The number of carbonyl (C=O) groups excluding carboxylic acids is 1. The Labute approximate surface area is 114 Å². The van der Waals surface area contributed by atoms with Crippen LogP contribution in [0.4, 0.5) is 0 Å². The lowest BCUT2D eigenvalue weighted by atomic mass is 10.0. The molecular weight excluding hydrogens is 262 g/mol. The first-order valence-corrected chi connectivity index (χ1v) is 6.10. The van der Waals surface area contributed by atoms with E-state index >= 15 is 0 Å². The number of likely N-dealkylation sites (N-methyl/N-ethyl adjacent to an activating group) is 1. The van der Waals surface area contributed by atoms with E-state index in [1.165, 1.54) is 12.1 Å². The van der Waals surface area contributed by atoms with E-state index in [9.17, 15) is 19.8 Å². The fourth-order valence-corrected chi connectivity index (χ4v) is 1.97. The summed E-state index contributed by atoms with van der Waals surface area (Å²) in [5.41, 5.74) is 0.161. The summed E-state index contributed by atoms with van der Waals surface area (Å²) in [6.07, 6.45) is -0.613. The Balaban J connectivity index is 2.49. The van der Waals surface area contributed by atoms with Crippen molar-refractivity contribution >= 4 is 17.3 Å². The van der Waals surface area contributed by atoms with E-state index in [1.54, 1.807) is 13.1 Å². The highest BCUT2D eigenvalue weighted by Gasteiger charge is 2.18. The topological polar surface area (TPSA) is 99.8 Å². The molecule has 6 heteroatoms. The number of benzene rings is 1. The average Bonchev–Trinajstić information content (AvgIpc) is 2.47. The minimum atomic E-state index is -1.13. The number of aldehydes is 1. The zero-order chi connectivity index (χ0) is 14.7. The summed E-state index contributed by atoms with van der Waals surface area (Å²) in [7, 11) is 1.65. The summed E-state index contributed by atoms with van der Waals surface area (Å²) in [5, 5.41) is 22.7. The molecule has 0 aliphatic heterocycles. The summed E-state index contributed by atoms with van der Waals surface area (Å²) in [5.74, 6) is 0. The molecule has 2 unspecified atom stereocenters. The monoisotopic (exact) mass is 277 g/mol. The zero-order valence-corrected chi connectivity index (χ0v) is 10.9. The van der Waals surface area contributed by atoms with Gasteiger partial charge in [-0.25, -0.2) is 0 Å². The van der Waals surface area contributed by atoms with Crippen molar-refractivity contribution in [1.82, 2.24) is 5.32 Å². The van der Waals surface area contributed by atoms with Crippen molar-refractivity contribution in [2.45, 2.75) is 12.2 Å². The molecule has 2 aromatic rings. The van der Waals surface area contributed by atoms with Gasteiger partial charge in [-0.2, -0.15) is 0 Å². The van der Waals surface area contributed by atoms with Gasteiger partial charge in [0, 0.05) is 6.54 Å². The van der Waals surface area contributed by atoms with E-state index in [1.807, 2.05) is 0 Å². The lowest BCUT2D eigenvalue weighted by Gasteiger charge is -2.17. The van der Waals surface area contributed by atoms with Crippen LogP contribution in [0.5, 0.6) is 0 Å². The number of fused-ring (bicyclic) bond motifs is 1. The van der Waals surface area contributed by atoms with Crippen molar-refractivity contribution in [2.75, 3.05) is 13.6 Å². The molecule has 0 saturated heterocycles. The first kappa shape index (κ1) is 14.4. The minimum Gasteiger partial charge on any atom is -0.463 e. The quantitative estimate of drug-likeness (QED) is 0.676. The van der Waals surface area contributed by atoms with E-state index in [0.29, 0.717) is 17.4 Å². The fourth-order valence-electron chi connectivity index (χ4n) is 1.97. The van der Waals surface area contributed by atoms with E-state index in [-0.39, 0.29) is 17.5 Å². The Bertz CT molecular complexity index is 679. The van der Waals surface area contributed by atoms with Crippen LogP contribution in [0.2, 0.25) is 0 Å². The minimum absolute atomic E-state index is 0.0834. The Hall–Kier alpha value is -2.02. The molecule has 1 heterocycles. The SMILES string of the molecule is CNCC(O)C(O)c1ccc2occ(C=O)c(=O)c2c1. The third kappa shape index (κ3) is 2.62. The molecular formula is C14H15NO5. The lowest BCUT2D eigenvalue weighted by Crippen LogP contribution is -2.29. The van der Waals surface area contributed by atoms with Crippen molar-refractivity contribution < 1.29 is 19.4 Å². The van der Waals surface area contributed by atoms with Crippen LogP contribution in [0, 0.1) is 0 Å². The second-order valence-corrected chi connectivity index (χ2v) is 4.46. The second kappa shape index (κ2) is 5.96. The molecule has 0 amide bonds. The summed E-state index contributed by atoms with van der Waals surface area (Å²) in [4.78, 5) is 22.7. The van der Waals surface area contributed by atoms with Crippen LogP contribution in [0.1, 0.15) is 22.0 Å². The summed E-state index contributed by atoms with van der Waals surface area (Å²) >= 11 is 0. The molecule has 0 bridgehead atoms. The van der Waals surface area contributed by atoms with Gasteiger partial charge in [-0.3, -0.25) is 9.59 Å². The summed E-state index contributed by atoms with van der Waals surface area (Å²) < 4.78 is 5.17. The maximum absolute atomic E-state index is 12.0. The highest BCUT2D eigenvalue weighted by atomic mass is 16.3. The Kier molecular flexibility index (Phi) is 4.29. The smallest absolute Gasteiger partial charge is 0.203 e. The Morgan fingerprint density at radius 2 is 2.15 bits per heavy atom. The van der Waals surface area contributed by atoms with Gasteiger partial charge in [0.25, 0.3) is 0 Å². The van der Waals surface area contributed by atoms with Gasteiger partial charge >= 0.3 is 0 Å².